The molecule has 0 fully saturated rings. The van der Waals surface area contributed by atoms with Gasteiger partial charge in [0.05, 0.1) is 18.1 Å². The second kappa shape index (κ2) is 6.38. The summed E-state index contributed by atoms with van der Waals surface area (Å²) in [4.78, 5) is 13.1. The standard InChI is InChI=1S/C14H16N2O3S/c1-3-11-5-6-12(20-11)9-15-13-7-4-10(19-2)8-14(13)16(17)18/h4-8,15H,3,9H2,1-2H3. The zero-order chi connectivity index (χ0) is 14.5. The Kier molecular flexibility index (Phi) is 4.57. The molecule has 2 aromatic rings. The van der Waals surface area contributed by atoms with Crippen molar-refractivity contribution in [2.24, 2.45) is 0 Å². The summed E-state index contributed by atoms with van der Waals surface area (Å²) in [6.45, 7) is 2.69. The van der Waals surface area contributed by atoms with Crippen LogP contribution >= 0.6 is 11.3 Å². The maximum Gasteiger partial charge on any atom is 0.296 e. The molecule has 0 aliphatic heterocycles. The zero-order valence-corrected chi connectivity index (χ0v) is 12.2. The van der Waals surface area contributed by atoms with E-state index in [-0.39, 0.29) is 5.69 Å². The Labute approximate surface area is 121 Å². The van der Waals surface area contributed by atoms with Gasteiger partial charge in [0, 0.05) is 16.3 Å². The quantitative estimate of drug-likeness (QED) is 0.649. The molecule has 1 aromatic carbocycles. The first-order valence-corrected chi connectivity index (χ1v) is 7.09. The number of benzene rings is 1. The molecular formula is C14H16N2O3S. The Bertz CT molecular complexity index is 610. The van der Waals surface area contributed by atoms with E-state index in [2.05, 4.69) is 18.3 Å². The molecule has 1 heterocycles. The third-order valence-corrected chi connectivity index (χ3v) is 4.15. The number of hydrogen-bond donors (Lipinski definition) is 1. The number of hydrogen-bond acceptors (Lipinski definition) is 5. The second-order valence-corrected chi connectivity index (χ2v) is 5.47. The van der Waals surface area contributed by atoms with Crippen LogP contribution in [0.15, 0.2) is 30.3 Å². The average Bonchev–Trinajstić information content (AvgIpc) is 2.92. The fourth-order valence-corrected chi connectivity index (χ4v) is 2.73. The van der Waals surface area contributed by atoms with Gasteiger partial charge in [-0.2, -0.15) is 0 Å². The Balaban J connectivity index is 2.14. The molecule has 0 saturated heterocycles. The first-order chi connectivity index (χ1) is 9.63. The van der Waals surface area contributed by atoms with E-state index in [1.807, 2.05) is 6.07 Å². The van der Waals surface area contributed by atoms with Crippen molar-refractivity contribution in [1.29, 1.82) is 0 Å². The molecule has 0 spiro atoms. The number of nitro benzene ring substituents is 1. The van der Waals surface area contributed by atoms with E-state index >= 15 is 0 Å². The molecule has 0 atom stereocenters. The Morgan fingerprint density at radius 2 is 2.05 bits per heavy atom. The molecule has 106 valence electrons. The van der Waals surface area contributed by atoms with Crippen LogP contribution in [0.2, 0.25) is 0 Å². The van der Waals surface area contributed by atoms with E-state index < -0.39 is 4.92 Å². The highest BCUT2D eigenvalue weighted by Crippen LogP contribution is 2.29. The van der Waals surface area contributed by atoms with Gasteiger partial charge < -0.3 is 10.1 Å². The highest BCUT2D eigenvalue weighted by Gasteiger charge is 2.15. The van der Waals surface area contributed by atoms with Crippen molar-refractivity contribution in [2.45, 2.75) is 19.9 Å². The zero-order valence-electron chi connectivity index (χ0n) is 11.4. The van der Waals surface area contributed by atoms with E-state index in [9.17, 15) is 10.1 Å². The van der Waals surface area contributed by atoms with Gasteiger partial charge in [0.2, 0.25) is 0 Å². The van der Waals surface area contributed by atoms with Crippen LogP contribution in [0.25, 0.3) is 0 Å². The lowest BCUT2D eigenvalue weighted by Crippen LogP contribution is -2.01. The van der Waals surface area contributed by atoms with Crippen molar-refractivity contribution in [3.05, 3.63) is 50.2 Å². The minimum absolute atomic E-state index is 0.0246. The molecule has 0 aliphatic rings. The van der Waals surface area contributed by atoms with Crippen molar-refractivity contribution >= 4 is 22.7 Å². The maximum atomic E-state index is 11.1. The van der Waals surface area contributed by atoms with Crippen molar-refractivity contribution in [3.8, 4) is 5.75 Å². The van der Waals surface area contributed by atoms with Gasteiger partial charge in [-0.15, -0.1) is 11.3 Å². The normalized spacial score (nSPS) is 10.3. The summed E-state index contributed by atoms with van der Waals surface area (Å²) in [7, 11) is 1.49. The molecule has 1 aromatic heterocycles. The summed E-state index contributed by atoms with van der Waals surface area (Å²) in [6.07, 6.45) is 1.01. The SMILES string of the molecule is CCc1ccc(CNc2ccc(OC)cc2[N+](=O)[O-])s1. The van der Waals surface area contributed by atoms with Crippen LogP contribution in [0.3, 0.4) is 0 Å². The Morgan fingerprint density at radius 1 is 1.30 bits per heavy atom. The second-order valence-electron chi connectivity index (χ2n) is 4.22. The highest BCUT2D eigenvalue weighted by molar-refractivity contribution is 7.12. The predicted molar refractivity (Wildman–Crippen MR) is 80.7 cm³/mol. The van der Waals surface area contributed by atoms with Crippen molar-refractivity contribution < 1.29 is 9.66 Å². The number of nitro groups is 1. The first kappa shape index (κ1) is 14.3. The molecule has 0 amide bonds. The molecule has 1 N–H and O–H groups in total. The van der Waals surface area contributed by atoms with Crippen LogP contribution in [0.1, 0.15) is 16.7 Å². The van der Waals surface area contributed by atoms with Crippen LogP contribution in [0.5, 0.6) is 5.75 Å². The minimum atomic E-state index is -0.406. The van der Waals surface area contributed by atoms with Gasteiger partial charge in [0.1, 0.15) is 11.4 Å². The molecule has 5 nitrogen and oxygen atoms in total. The number of nitrogens with one attached hydrogen (secondary N) is 1. The summed E-state index contributed by atoms with van der Waals surface area (Å²) in [5.41, 5.74) is 0.527. The predicted octanol–water partition coefficient (Wildman–Crippen LogP) is 3.84. The summed E-state index contributed by atoms with van der Waals surface area (Å²) >= 11 is 1.72. The number of methoxy groups -OCH3 is 1. The van der Waals surface area contributed by atoms with Gasteiger partial charge in [-0.1, -0.05) is 6.92 Å². The van der Waals surface area contributed by atoms with Crippen molar-refractivity contribution in [3.63, 3.8) is 0 Å². The fraction of sp³-hybridized carbons (Fsp3) is 0.286. The summed E-state index contributed by atoms with van der Waals surface area (Å²) in [5.74, 6) is 0.478. The minimum Gasteiger partial charge on any atom is -0.496 e. The van der Waals surface area contributed by atoms with Crippen molar-refractivity contribution in [2.75, 3.05) is 12.4 Å². The third-order valence-electron chi connectivity index (χ3n) is 2.92. The molecule has 0 radical (unpaired) electrons. The smallest absolute Gasteiger partial charge is 0.296 e. The van der Waals surface area contributed by atoms with Crippen molar-refractivity contribution in [1.82, 2.24) is 0 Å². The largest absolute Gasteiger partial charge is 0.496 e. The van der Waals surface area contributed by atoms with Crippen LogP contribution in [0.4, 0.5) is 11.4 Å². The van der Waals surface area contributed by atoms with Gasteiger partial charge in [-0.25, -0.2) is 0 Å². The van der Waals surface area contributed by atoms with E-state index in [4.69, 9.17) is 4.74 Å². The number of rotatable bonds is 6. The third kappa shape index (κ3) is 3.27. The first-order valence-electron chi connectivity index (χ1n) is 6.28. The molecule has 0 saturated carbocycles. The van der Waals surface area contributed by atoms with Crippen LogP contribution < -0.4 is 10.1 Å². The number of nitrogens with zero attached hydrogens (tertiary/aromatic N) is 1. The molecule has 0 aliphatic carbocycles. The number of thiophene rings is 1. The van der Waals surface area contributed by atoms with Crippen LogP contribution in [-0.2, 0) is 13.0 Å². The lowest BCUT2D eigenvalue weighted by atomic mass is 10.2. The average molecular weight is 292 g/mol. The van der Waals surface area contributed by atoms with E-state index in [0.717, 1.165) is 11.3 Å². The molecule has 0 bridgehead atoms. The lowest BCUT2D eigenvalue weighted by molar-refractivity contribution is -0.384. The monoisotopic (exact) mass is 292 g/mol. The van der Waals surface area contributed by atoms with E-state index in [0.29, 0.717) is 18.0 Å². The fourth-order valence-electron chi connectivity index (χ4n) is 1.83. The van der Waals surface area contributed by atoms with Crippen LogP contribution in [0, 0.1) is 10.1 Å². The Hall–Kier alpha value is -2.08. The van der Waals surface area contributed by atoms with Gasteiger partial charge in [0.15, 0.2) is 0 Å². The van der Waals surface area contributed by atoms with Gasteiger partial charge in [-0.3, -0.25) is 10.1 Å². The van der Waals surface area contributed by atoms with Gasteiger partial charge >= 0.3 is 0 Å². The van der Waals surface area contributed by atoms with Gasteiger partial charge in [0.25, 0.3) is 5.69 Å². The molecule has 6 heteroatoms. The summed E-state index contributed by atoms with van der Waals surface area (Å²) in [6, 6.07) is 8.94. The number of aryl methyl sites for hydroxylation is 1. The summed E-state index contributed by atoms with van der Waals surface area (Å²) in [5, 5.41) is 14.2. The maximum absolute atomic E-state index is 11.1. The molecule has 0 unspecified atom stereocenters. The molecule has 2 rings (SSSR count). The Morgan fingerprint density at radius 3 is 2.65 bits per heavy atom. The lowest BCUT2D eigenvalue weighted by Gasteiger charge is -2.07. The highest BCUT2D eigenvalue weighted by atomic mass is 32.1. The molecule has 20 heavy (non-hydrogen) atoms. The van der Waals surface area contributed by atoms with E-state index in [1.165, 1.54) is 18.1 Å². The number of anilines is 1. The topological polar surface area (TPSA) is 64.4 Å². The van der Waals surface area contributed by atoms with Crippen LogP contribution in [-0.4, -0.2) is 12.0 Å². The molecular weight excluding hydrogens is 276 g/mol. The number of ether oxygens (including phenoxy) is 1. The van der Waals surface area contributed by atoms with E-state index in [1.54, 1.807) is 23.5 Å². The summed E-state index contributed by atoms with van der Waals surface area (Å²) < 4.78 is 5.01. The van der Waals surface area contributed by atoms with Gasteiger partial charge in [-0.05, 0) is 30.7 Å².